The molecule has 6 heteroatoms. The molecule has 0 spiro atoms. The fraction of sp³-hybridized carbons (Fsp3) is 0.462. The molecule has 2 aromatic heterocycles. The van der Waals surface area contributed by atoms with E-state index in [1.54, 1.807) is 12.4 Å². The number of nitrogens with zero attached hydrogens (tertiary/aromatic N) is 5. The number of oxazole rings is 1. The van der Waals surface area contributed by atoms with Gasteiger partial charge in [0.25, 0.3) is 0 Å². The first kappa shape index (κ1) is 11.9. The van der Waals surface area contributed by atoms with E-state index < -0.39 is 0 Å². The summed E-state index contributed by atoms with van der Waals surface area (Å²) < 4.78 is 7.32. The summed E-state index contributed by atoms with van der Waals surface area (Å²) in [6, 6.07) is 2.48. The van der Waals surface area contributed by atoms with Crippen molar-refractivity contribution in [3.8, 4) is 6.07 Å². The van der Waals surface area contributed by atoms with Crippen LogP contribution in [0.5, 0.6) is 0 Å². The topological polar surface area (TPSA) is 70.9 Å². The minimum absolute atomic E-state index is 0.388. The Morgan fingerprint density at radius 3 is 2.95 bits per heavy atom. The molecule has 1 fully saturated rings. The highest BCUT2D eigenvalue weighted by Crippen LogP contribution is 2.21. The van der Waals surface area contributed by atoms with Crippen molar-refractivity contribution < 1.29 is 4.42 Å². The van der Waals surface area contributed by atoms with Gasteiger partial charge in [-0.25, -0.2) is 4.98 Å². The lowest BCUT2D eigenvalue weighted by Gasteiger charge is -2.39. The summed E-state index contributed by atoms with van der Waals surface area (Å²) in [6.45, 7) is 4.77. The Bertz CT molecular complexity index is 603. The minimum Gasteiger partial charge on any atom is -0.446 e. The number of hydrogen-bond acceptors (Lipinski definition) is 5. The molecule has 0 radical (unpaired) electrons. The molecule has 19 heavy (non-hydrogen) atoms. The zero-order chi connectivity index (χ0) is 13.2. The average molecular weight is 257 g/mol. The molecular weight excluding hydrogens is 242 g/mol. The Morgan fingerprint density at radius 2 is 2.32 bits per heavy atom. The second kappa shape index (κ2) is 4.86. The van der Waals surface area contributed by atoms with E-state index in [4.69, 9.17) is 9.68 Å². The number of aromatic nitrogens is 3. The number of rotatable bonds is 4. The van der Waals surface area contributed by atoms with Gasteiger partial charge >= 0.3 is 0 Å². The van der Waals surface area contributed by atoms with Crippen LogP contribution in [0.3, 0.4) is 0 Å². The van der Waals surface area contributed by atoms with Gasteiger partial charge in [0.15, 0.2) is 5.89 Å². The second-order valence-corrected chi connectivity index (χ2v) is 4.83. The first-order chi connectivity index (χ1) is 9.24. The second-order valence-electron chi connectivity index (χ2n) is 4.83. The molecule has 1 aliphatic heterocycles. The van der Waals surface area contributed by atoms with Crippen LogP contribution in [0, 0.1) is 18.3 Å². The predicted molar refractivity (Wildman–Crippen MR) is 67.4 cm³/mol. The van der Waals surface area contributed by atoms with Crippen LogP contribution in [0.2, 0.25) is 0 Å². The monoisotopic (exact) mass is 257 g/mol. The minimum atomic E-state index is 0.388. The summed E-state index contributed by atoms with van der Waals surface area (Å²) in [7, 11) is 0. The van der Waals surface area contributed by atoms with E-state index >= 15 is 0 Å². The van der Waals surface area contributed by atoms with Crippen molar-refractivity contribution >= 4 is 0 Å². The largest absolute Gasteiger partial charge is 0.446 e. The molecule has 0 atom stereocenters. The fourth-order valence-corrected chi connectivity index (χ4v) is 2.28. The fourth-order valence-electron chi connectivity index (χ4n) is 2.28. The molecule has 0 bridgehead atoms. The summed E-state index contributed by atoms with van der Waals surface area (Å²) in [6.07, 6.45) is 6.09. The van der Waals surface area contributed by atoms with Gasteiger partial charge in [0.05, 0.1) is 24.0 Å². The lowest BCUT2D eigenvalue weighted by atomic mass is 10.1. The molecule has 0 amide bonds. The third-order valence-corrected chi connectivity index (χ3v) is 3.39. The van der Waals surface area contributed by atoms with Gasteiger partial charge in [-0.15, -0.1) is 0 Å². The van der Waals surface area contributed by atoms with E-state index in [1.165, 1.54) is 0 Å². The summed E-state index contributed by atoms with van der Waals surface area (Å²) in [4.78, 5) is 6.43. The molecule has 98 valence electrons. The SMILES string of the molecule is Cc1ncc(CCN2CC(n3cc(C#N)cn3)C2)o1. The van der Waals surface area contributed by atoms with Crippen LogP contribution in [-0.2, 0) is 6.42 Å². The van der Waals surface area contributed by atoms with Crippen molar-refractivity contribution in [2.24, 2.45) is 0 Å². The van der Waals surface area contributed by atoms with Gasteiger partial charge in [-0.05, 0) is 0 Å². The standard InChI is InChI=1S/C13H15N5O/c1-10-15-6-13(19-10)2-3-17-8-12(9-17)18-7-11(4-14)5-16-18/h5-7,12H,2-3,8-9H2,1H3. The molecule has 2 aromatic rings. The first-order valence-corrected chi connectivity index (χ1v) is 6.32. The van der Waals surface area contributed by atoms with Gasteiger partial charge < -0.3 is 4.42 Å². The van der Waals surface area contributed by atoms with Crippen molar-refractivity contribution in [2.75, 3.05) is 19.6 Å². The van der Waals surface area contributed by atoms with Crippen molar-refractivity contribution in [1.29, 1.82) is 5.26 Å². The van der Waals surface area contributed by atoms with Gasteiger partial charge in [0, 0.05) is 39.2 Å². The number of hydrogen-bond donors (Lipinski definition) is 0. The van der Waals surface area contributed by atoms with Gasteiger partial charge in [-0.3, -0.25) is 9.58 Å². The Kier molecular flexibility index (Phi) is 3.05. The van der Waals surface area contributed by atoms with E-state index in [0.29, 0.717) is 11.6 Å². The van der Waals surface area contributed by atoms with Crippen LogP contribution in [0.15, 0.2) is 23.0 Å². The Balaban J connectivity index is 1.46. The molecule has 0 N–H and O–H groups in total. The van der Waals surface area contributed by atoms with Gasteiger partial charge in [-0.2, -0.15) is 10.4 Å². The highest BCUT2D eigenvalue weighted by Gasteiger charge is 2.28. The Labute approximate surface area is 111 Å². The number of likely N-dealkylation sites (tertiary alicyclic amines) is 1. The molecule has 3 heterocycles. The molecule has 0 unspecified atom stereocenters. The lowest BCUT2D eigenvalue weighted by molar-refractivity contribution is 0.0983. The first-order valence-electron chi connectivity index (χ1n) is 6.32. The quantitative estimate of drug-likeness (QED) is 0.821. The van der Waals surface area contributed by atoms with Gasteiger partial charge in [0.1, 0.15) is 11.8 Å². The molecule has 0 aromatic carbocycles. The van der Waals surface area contributed by atoms with Crippen LogP contribution in [0.4, 0.5) is 0 Å². The zero-order valence-electron chi connectivity index (χ0n) is 10.8. The molecular formula is C13H15N5O. The maximum atomic E-state index is 8.76. The molecule has 0 aliphatic carbocycles. The van der Waals surface area contributed by atoms with Crippen molar-refractivity contribution in [3.63, 3.8) is 0 Å². The van der Waals surface area contributed by atoms with E-state index in [-0.39, 0.29) is 0 Å². The van der Waals surface area contributed by atoms with Crippen molar-refractivity contribution in [3.05, 3.63) is 35.8 Å². The summed E-state index contributed by atoms with van der Waals surface area (Å²) in [5.41, 5.74) is 0.621. The molecule has 6 nitrogen and oxygen atoms in total. The van der Waals surface area contributed by atoms with Crippen LogP contribution < -0.4 is 0 Å². The van der Waals surface area contributed by atoms with Crippen LogP contribution in [0.1, 0.15) is 23.3 Å². The lowest BCUT2D eigenvalue weighted by Crippen LogP contribution is -2.48. The zero-order valence-corrected chi connectivity index (χ0v) is 10.8. The van der Waals surface area contributed by atoms with Crippen LogP contribution in [-0.4, -0.2) is 39.3 Å². The highest BCUT2D eigenvalue weighted by atomic mass is 16.3. The number of nitriles is 1. The Hall–Kier alpha value is -2.13. The average Bonchev–Trinajstić information content (AvgIpc) is 2.96. The van der Waals surface area contributed by atoms with Gasteiger partial charge in [-0.1, -0.05) is 0 Å². The third-order valence-electron chi connectivity index (χ3n) is 3.39. The highest BCUT2D eigenvalue weighted by molar-refractivity contribution is 5.22. The Morgan fingerprint density at radius 1 is 1.47 bits per heavy atom. The summed E-state index contributed by atoms with van der Waals surface area (Å²) in [5.74, 6) is 1.66. The maximum absolute atomic E-state index is 8.76. The maximum Gasteiger partial charge on any atom is 0.191 e. The molecule has 1 saturated heterocycles. The van der Waals surface area contributed by atoms with E-state index in [9.17, 15) is 0 Å². The van der Waals surface area contributed by atoms with Gasteiger partial charge in [0.2, 0.25) is 0 Å². The van der Waals surface area contributed by atoms with Crippen LogP contribution >= 0.6 is 0 Å². The smallest absolute Gasteiger partial charge is 0.191 e. The normalized spacial score (nSPS) is 16.2. The van der Waals surface area contributed by atoms with E-state index in [0.717, 1.165) is 37.7 Å². The van der Waals surface area contributed by atoms with Crippen molar-refractivity contribution in [1.82, 2.24) is 19.7 Å². The summed E-state index contributed by atoms with van der Waals surface area (Å²) in [5, 5.41) is 13.0. The van der Waals surface area contributed by atoms with Crippen LogP contribution in [0.25, 0.3) is 0 Å². The summed E-state index contributed by atoms with van der Waals surface area (Å²) >= 11 is 0. The number of aryl methyl sites for hydroxylation is 1. The van der Waals surface area contributed by atoms with Crippen molar-refractivity contribution in [2.45, 2.75) is 19.4 Å². The molecule has 3 rings (SSSR count). The molecule has 1 aliphatic rings. The third kappa shape index (κ3) is 2.51. The predicted octanol–water partition coefficient (Wildman–Crippen LogP) is 1.15. The molecule has 0 saturated carbocycles. The van der Waals surface area contributed by atoms with E-state index in [1.807, 2.05) is 17.8 Å². The van der Waals surface area contributed by atoms with E-state index in [2.05, 4.69) is 21.1 Å².